The second kappa shape index (κ2) is 6.31. The van der Waals surface area contributed by atoms with Crippen LogP contribution in [0.3, 0.4) is 0 Å². The Balaban J connectivity index is 2.57. The normalized spacial score (nSPS) is 12.4. The molecule has 1 unspecified atom stereocenters. The summed E-state index contributed by atoms with van der Waals surface area (Å²) in [7, 11) is 0. The Morgan fingerprint density at radius 3 is 2.26 bits per heavy atom. The maximum Gasteiger partial charge on any atom is 0.328 e. The lowest BCUT2D eigenvalue weighted by molar-refractivity contribution is -0.131. The minimum Gasteiger partial charge on any atom is -0.504 e. The van der Waals surface area contributed by atoms with Crippen molar-refractivity contribution in [3.8, 4) is 23.0 Å². The highest BCUT2D eigenvalue weighted by atomic mass is 16.4. The van der Waals surface area contributed by atoms with E-state index in [2.05, 4.69) is 0 Å². The van der Waals surface area contributed by atoms with Gasteiger partial charge in [-0.3, -0.25) is 0 Å². The molecule has 120 valence electrons. The highest BCUT2D eigenvalue weighted by Crippen LogP contribution is 2.41. The molecule has 0 amide bonds. The molecule has 0 fully saturated rings. The Morgan fingerprint density at radius 2 is 1.65 bits per heavy atom. The molecular weight excluding hydrogens is 300 g/mol. The van der Waals surface area contributed by atoms with Crippen LogP contribution in [0.4, 0.5) is 0 Å². The third kappa shape index (κ3) is 3.37. The molecule has 0 heterocycles. The summed E-state index contributed by atoms with van der Waals surface area (Å²) in [5.41, 5.74) is 1.31. The standard InChI is InChI=1S/C17H16O6/c1-9(11-3-5-12(18)14(20)8-11)16-10(4-7-15(21)22)2-6-13(19)17(16)23/h2-9,18-20,23H,1H3,(H,21,22). The van der Waals surface area contributed by atoms with Crippen molar-refractivity contribution in [2.24, 2.45) is 0 Å². The highest BCUT2D eigenvalue weighted by molar-refractivity contribution is 5.86. The Bertz CT molecular complexity index is 779. The predicted octanol–water partition coefficient (Wildman–Crippen LogP) is 2.76. The third-order valence-corrected chi connectivity index (χ3v) is 3.57. The Hall–Kier alpha value is -3.15. The lowest BCUT2D eigenvalue weighted by atomic mass is 9.88. The second-order valence-corrected chi connectivity index (χ2v) is 5.08. The fourth-order valence-corrected chi connectivity index (χ4v) is 2.35. The number of phenols is 4. The number of carboxylic acids is 1. The molecular formula is C17H16O6. The van der Waals surface area contributed by atoms with E-state index in [1.807, 2.05) is 0 Å². The van der Waals surface area contributed by atoms with E-state index in [1.54, 1.807) is 13.0 Å². The van der Waals surface area contributed by atoms with Crippen LogP contribution in [0.25, 0.3) is 6.08 Å². The van der Waals surface area contributed by atoms with Crippen LogP contribution in [-0.4, -0.2) is 31.5 Å². The number of benzene rings is 2. The van der Waals surface area contributed by atoms with Crippen LogP contribution in [-0.2, 0) is 4.79 Å². The van der Waals surface area contributed by atoms with Gasteiger partial charge in [-0.05, 0) is 35.4 Å². The van der Waals surface area contributed by atoms with Crippen LogP contribution >= 0.6 is 0 Å². The Labute approximate surface area is 132 Å². The largest absolute Gasteiger partial charge is 0.504 e. The van der Waals surface area contributed by atoms with Crippen molar-refractivity contribution >= 4 is 12.0 Å². The van der Waals surface area contributed by atoms with Crippen LogP contribution in [0.15, 0.2) is 36.4 Å². The smallest absolute Gasteiger partial charge is 0.328 e. The fraction of sp³-hybridized carbons (Fsp3) is 0.118. The van der Waals surface area contributed by atoms with Crippen molar-refractivity contribution in [1.82, 2.24) is 0 Å². The molecule has 0 saturated heterocycles. The fourth-order valence-electron chi connectivity index (χ4n) is 2.35. The average molecular weight is 316 g/mol. The number of carbonyl (C=O) groups is 1. The third-order valence-electron chi connectivity index (χ3n) is 3.57. The number of aromatic hydroxyl groups is 4. The lowest BCUT2D eigenvalue weighted by Crippen LogP contribution is -2.00. The molecule has 1 atom stereocenters. The number of carboxylic acid groups (broad SMARTS) is 1. The summed E-state index contributed by atoms with van der Waals surface area (Å²) < 4.78 is 0. The van der Waals surface area contributed by atoms with Crippen molar-refractivity contribution in [3.05, 3.63) is 53.1 Å². The maximum absolute atomic E-state index is 10.7. The first kappa shape index (κ1) is 16.2. The zero-order valence-corrected chi connectivity index (χ0v) is 12.3. The Kier molecular flexibility index (Phi) is 4.45. The van der Waals surface area contributed by atoms with Crippen molar-refractivity contribution in [1.29, 1.82) is 0 Å². The van der Waals surface area contributed by atoms with Crippen molar-refractivity contribution in [2.45, 2.75) is 12.8 Å². The van der Waals surface area contributed by atoms with Gasteiger partial charge in [0.2, 0.25) is 0 Å². The minimum absolute atomic E-state index is 0.271. The quantitative estimate of drug-likeness (QED) is 0.437. The van der Waals surface area contributed by atoms with Gasteiger partial charge >= 0.3 is 5.97 Å². The van der Waals surface area contributed by atoms with E-state index in [0.29, 0.717) is 16.7 Å². The Morgan fingerprint density at radius 1 is 1.00 bits per heavy atom. The first-order chi connectivity index (χ1) is 10.8. The topological polar surface area (TPSA) is 118 Å². The van der Waals surface area contributed by atoms with E-state index in [4.69, 9.17) is 5.11 Å². The first-order valence-electron chi connectivity index (χ1n) is 6.79. The molecule has 0 aliphatic rings. The van der Waals surface area contributed by atoms with Gasteiger partial charge in [0.25, 0.3) is 0 Å². The molecule has 6 nitrogen and oxygen atoms in total. The molecule has 23 heavy (non-hydrogen) atoms. The summed E-state index contributed by atoms with van der Waals surface area (Å²) in [4.78, 5) is 10.7. The molecule has 0 spiro atoms. The van der Waals surface area contributed by atoms with E-state index in [9.17, 15) is 25.2 Å². The van der Waals surface area contributed by atoms with Crippen molar-refractivity contribution in [3.63, 3.8) is 0 Å². The zero-order valence-electron chi connectivity index (χ0n) is 12.3. The van der Waals surface area contributed by atoms with Gasteiger partial charge in [-0.1, -0.05) is 19.1 Å². The van der Waals surface area contributed by atoms with Gasteiger partial charge in [-0.15, -0.1) is 0 Å². The second-order valence-electron chi connectivity index (χ2n) is 5.08. The monoisotopic (exact) mass is 316 g/mol. The maximum atomic E-state index is 10.7. The lowest BCUT2D eigenvalue weighted by Gasteiger charge is -2.18. The van der Waals surface area contributed by atoms with Crippen LogP contribution in [0.1, 0.15) is 29.5 Å². The van der Waals surface area contributed by atoms with Crippen molar-refractivity contribution in [2.75, 3.05) is 0 Å². The summed E-state index contributed by atoms with van der Waals surface area (Å²) in [6, 6.07) is 6.97. The molecule has 2 aromatic rings. The van der Waals surface area contributed by atoms with E-state index < -0.39 is 11.9 Å². The van der Waals surface area contributed by atoms with Crippen LogP contribution in [0.5, 0.6) is 23.0 Å². The highest BCUT2D eigenvalue weighted by Gasteiger charge is 2.20. The van der Waals surface area contributed by atoms with Gasteiger partial charge in [0, 0.05) is 17.6 Å². The molecule has 5 N–H and O–H groups in total. The van der Waals surface area contributed by atoms with Crippen molar-refractivity contribution < 1.29 is 30.3 Å². The van der Waals surface area contributed by atoms with Gasteiger partial charge in [0.05, 0.1) is 0 Å². The van der Waals surface area contributed by atoms with Crippen LogP contribution in [0.2, 0.25) is 0 Å². The van der Waals surface area contributed by atoms with Gasteiger partial charge in [-0.25, -0.2) is 4.79 Å². The molecule has 2 rings (SSSR count). The van der Waals surface area contributed by atoms with E-state index in [-0.39, 0.29) is 23.0 Å². The predicted molar refractivity (Wildman–Crippen MR) is 83.7 cm³/mol. The zero-order chi connectivity index (χ0) is 17.1. The molecule has 0 aliphatic heterocycles. The van der Waals surface area contributed by atoms with E-state index in [1.165, 1.54) is 30.3 Å². The van der Waals surface area contributed by atoms with Gasteiger partial charge in [-0.2, -0.15) is 0 Å². The molecule has 2 aromatic carbocycles. The summed E-state index contributed by atoms with van der Waals surface area (Å²) in [5, 5.41) is 47.6. The minimum atomic E-state index is -1.14. The number of phenolic OH excluding ortho intramolecular Hbond substituents is 4. The van der Waals surface area contributed by atoms with Crippen LogP contribution in [0, 0.1) is 0 Å². The number of hydrogen-bond acceptors (Lipinski definition) is 5. The summed E-state index contributed by atoms with van der Waals surface area (Å²) >= 11 is 0. The van der Waals surface area contributed by atoms with E-state index in [0.717, 1.165) is 6.08 Å². The van der Waals surface area contributed by atoms with Crippen LogP contribution < -0.4 is 0 Å². The summed E-state index contributed by atoms with van der Waals surface area (Å²) in [6.45, 7) is 1.72. The summed E-state index contributed by atoms with van der Waals surface area (Å²) in [5.74, 6) is -2.89. The molecule has 0 bridgehead atoms. The van der Waals surface area contributed by atoms with Gasteiger partial charge < -0.3 is 25.5 Å². The number of rotatable bonds is 4. The van der Waals surface area contributed by atoms with E-state index >= 15 is 0 Å². The number of aliphatic carboxylic acids is 1. The molecule has 0 radical (unpaired) electrons. The number of hydrogen-bond donors (Lipinski definition) is 5. The molecule has 0 aliphatic carbocycles. The van der Waals surface area contributed by atoms with Gasteiger partial charge in [0.1, 0.15) is 0 Å². The SMILES string of the molecule is CC(c1ccc(O)c(O)c1)c1c(C=CC(=O)O)ccc(O)c1O. The molecule has 6 heteroatoms. The molecule has 0 aromatic heterocycles. The molecule has 0 saturated carbocycles. The first-order valence-corrected chi connectivity index (χ1v) is 6.79. The summed E-state index contributed by atoms with van der Waals surface area (Å²) in [6.07, 6.45) is 2.24. The average Bonchev–Trinajstić information content (AvgIpc) is 2.50. The van der Waals surface area contributed by atoms with Gasteiger partial charge in [0.15, 0.2) is 23.0 Å².